The van der Waals surface area contributed by atoms with E-state index in [2.05, 4.69) is 20.9 Å². The first-order chi connectivity index (χ1) is 17.2. The van der Waals surface area contributed by atoms with E-state index in [1.807, 2.05) is 56.3 Å². The van der Waals surface area contributed by atoms with E-state index in [0.29, 0.717) is 25.2 Å². The number of benzene rings is 2. The molecule has 3 unspecified atom stereocenters. The standard InChI is InChI=1S/C28H35N5O3/c1-18(22-10-7-11-24(34)16-22)31-25(14-12-21-8-5-4-6-9-21)28(36)33-20(3)27(35)30-17-23-13-15-26(29)32-19(23)2/h4-11,13,15-16,18,20,25,31,34H,12,14,17H2,1-3H3,(H2,29,32)(H,30,35)(H,33,36). The maximum absolute atomic E-state index is 13.3. The van der Waals surface area contributed by atoms with Gasteiger partial charge in [0.05, 0.1) is 6.04 Å². The molecule has 0 aliphatic carbocycles. The van der Waals surface area contributed by atoms with Crippen molar-refractivity contribution in [1.82, 2.24) is 20.9 Å². The smallest absolute Gasteiger partial charge is 0.242 e. The third kappa shape index (κ3) is 7.81. The zero-order chi connectivity index (χ0) is 26.1. The highest BCUT2D eigenvalue weighted by Crippen LogP contribution is 2.19. The summed E-state index contributed by atoms with van der Waals surface area (Å²) in [6, 6.07) is 19.0. The average Bonchev–Trinajstić information content (AvgIpc) is 2.86. The van der Waals surface area contributed by atoms with Gasteiger partial charge in [-0.1, -0.05) is 48.5 Å². The summed E-state index contributed by atoms with van der Waals surface area (Å²) in [6.07, 6.45) is 1.24. The molecule has 6 N–H and O–H groups in total. The number of phenolic OH excluding ortho intramolecular Hbond substituents is 1. The highest BCUT2D eigenvalue weighted by atomic mass is 16.3. The second kappa shape index (κ2) is 12.7. The third-order valence-corrected chi connectivity index (χ3v) is 6.12. The van der Waals surface area contributed by atoms with Crippen LogP contribution in [0, 0.1) is 6.92 Å². The number of hydrogen-bond acceptors (Lipinski definition) is 6. The molecule has 2 aromatic carbocycles. The van der Waals surface area contributed by atoms with E-state index in [1.165, 1.54) is 0 Å². The second-order valence-electron chi connectivity index (χ2n) is 8.99. The fourth-order valence-corrected chi connectivity index (χ4v) is 3.95. The summed E-state index contributed by atoms with van der Waals surface area (Å²) in [5, 5.41) is 18.9. The molecule has 0 aliphatic rings. The van der Waals surface area contributed by atoms with Crippen molar-refractivity contribution < 1.29 is 14.7 Å². The number of nitrogens with two attached hydrogens (primary N) is 1. The lowest BCUT2D eigenvalue weighted by atomic mass is 10.0. The summed E-state index contributed by atoms with van der Waals surface area (Å²) >= 11 is 0. The highest BCUT2D eigenvalue weighted by molar-refractivity contribution is 5.89. The summed E-state index contributed by atoms with van der Waals surface area (Å²) in [5.41, 5.74) is 9.29. The first-order valence-corrected chi connectivity index (χ1v) is 12.1. The number of nitrogens with one attached hydrogen (secondary N) is 3. The van der Waals surface area contributed by atoms with Crippen LogP contribution in [0.3, 0.4) is 0 Å². The molecule has 3 rings (SSSR count). The first kappa shape index (κ1) is 26.7. The van der Waals surface area contributed by atoms with E-state index in [-0.39, 0.29) is 23.6 Å². The predicted octanol–water partition coefficient (Wildman–Crippen LogP) is 3.15. The first-order valence-electron chi connectivity index (χ1n) is 12.1. The quantitative estimate of drug-likeness (QED) is 0.281. The molecule has 0 saturated heterocycles. The van der Waals surface area contributed by atoms with Crippen molar-refractivity contribution in [3.05, 3.63) is 89.1 Å². The van der Waals surface area contributed by atoms with Gasteiger partial charge in [0.2, 0.25) is 11.8 Å². The van der Waals surface area contributed by atoms with Crippen LogP contribution in [0.25, 0.3) is 0 Å². The van der Waals surface area contributed by atoms with Gasteiger partial charge in [-0.15, -0.1) is 0 Å². The van der Waals surface area contributed by atoms with Gasteiger partial charge in [0, 0.05) is 18.3 Å². The summed E-state index contributed by atoms with van der Waals surface area (Å²) in [5.74, 6) is 0.0498. The lowest BCUT2D eigenvalue weighted by Crippen LogP contribution is -2.52. The van der Waals surface area contributed by atoms with Gasteiger partial charge >= 0.3 is 0 Å². The minimum absolute atomic E-state index is 0.170. The number of hydrogen-bond donors (Lipinski definition) is 5. The summed E-state index contributed by atoms with van der Waals surface area (Å²) in [7, 11) is 0. The Morgan fingerprint density at radius 2 is 1.75 bits per heavy atom. The molecule has 1 aromatic heterocycles. The number of carbonyl (C=O) groups excluding carboxylic acids is 2. The molecular formula is C28H35N5O3. The number of nitrogen functional groups attached to an aromatic ring is 1. The van der Waals surface area contributed by atoms with Crippen LogP contribution >= 0.6 is 0 Å². The van der Waals surface area contributed by atoms with Gasteiger partial charge < -0.3 is 21.5 Å². The van der Waals surface area contributed by atoms with Crippen molar-refractivity contribution in [2.24, 2.45) is 0 Å². The normalized spacial score (nSPS) is 13.4. The number of aromatic hydroxyl groups is 1. The molecule has 0 spiro atoms. The van der Waals surface area contributed by atoms with Gasteiger partial charge in [-0.2, -0.15) is 0 Å². The number of nitrogens with zero attached hydrogens (tertiary/aromatic N) is 1. The molecule has 3 atom stereocenters. The van der Waals surface area contributed by atoms with Gasteiger partial charge in [-0.05, 0) is 68.5 Å². The topological polar surface area (TPSA) is 129 Å². The van der Waals surface area contributed by atoms with Crippen molar-refractivity contribution in [2.45, 2.75) is 58.3 Å². The summed E-state index contributed by atoms with van der Waals surface area (Å²) in [6.45, 7) is 5.73. The minimum atomic E-state index is -0.725. The van der Waals surface area contributed by atoms with Crippen LogP contribution in [0.15, 0.2) is 66.7 Å². The number of pyridine rings is 1. The predicted molar refractivity (Wildman–Crippen MR) is 141 cm³/mol. The SMILES string of the molecule is Cc1nc(N)ccc1CNC(=O)C(C)NC(=O)C(CCc1ccccc1)NC(C)c1cccc(O)c1. The number of anilines is 1. The van der Waals surface area contributed by atoms with Gasteiger partial charge in [0.15, 0.2) is 0 Å². The molecule has 0 fully saturated rings. The Hall–Kier alpha value is -3.91. The summed E-state index contributed by atoms with van der Waals surface area (Å²) in [4.78, 5) is 30.2. The highest BCUT2D eigenvalue weighted by Gasteiger charge is 2.24. The number of carbonyl (C=O) groups is 2. The van der Waals surface area contributed by atoms with E-state index >= 15 is 0 Å². The lowest BCUT2D eigenvalue weighted by molar-refractivity contribution is -0.129. The molecule has 0 saturated carbocycles. The van der Waals surface area contributed by atoms with Gasteiger partial charge in [0.25, 0.3) is 0 Å². The van der Waals surface area contributed by atoms with Crippen LogP contribution in [0.2, 0.25) is 0 Å². The van der Waals surface area contributed by atoms with Crippen molar-refractivity contribution in [3.8, 4) is 5.75 Å². The maximum Gasteiger partial charge on any atom is 0.242 e. The van der Waals surface area contributed by atoms with Crippen LogP contribution < -0.4 is 21.7 Å². The molecule has 2 amide bonds. The Balaban J connectivity index is 1.63. The Morgan fingerprint density at radius 3 is 2.44 bits per heavy atom. The Kier molecular flexibility index (Phi) is 9.41. The second-order valence-corrected chi connectivity index (χ2v) is 8.99. The van der Waals surface area contributed by atoms with E-state index in [1.54, 1.807) is 31.2 Å². The van der Waals surface area contributed by atoms with E-state index in [4.69, 9.17) is 5.73 Å². The molecule has 0 radical (unpaired) electrons. The van der Waals surface area contributed by atoms with Crippen molar-refractivity contribution in [2.75, 3.05) is 5.73 Å². The Morgan fingerprint density at radius 1 is 1.00 bits per heavy atom. The molecular weight excluding hydrogens is 454 g/mol. The van der Waals surface area contributed by atoms with Crippen LogP contribution in [-0.2, 0) is 22.6 Å². The molecule has 8 nitrogen and oxygen atoms in total. The lowest BCUT2D eigenvalue weighted by Gasteiger charge is -2.25. The number of amides is 2. The maximum atomic E-state index is 13.3. The van der Waals surface area contributed by atoms with Crippen LogP contribution in [0.1, 0.15) is 48.7 Å². The van der Waals surface area contributed by atoms with Crippen molar-refractivity contribution in [3.63, 3.8) is 0 Å². The largest absolute Gasteiger partial charge is 0.508 e. The minimum Gasteiger partial charge on any atom is -0.508 e. The fraction of sp³-hybridized carbons (Fsp3) is 0.321. The molecule has 0 aliphatic heterocycles. The number of rotatable bonds is 11. The van der Waals surface area contributed by atoms with Crippen LogP contribution in [0.5, 0.6) is 5.75 Å². The van der Waals surface area contributed by atoms with E-state index in [9.17, 15) is 14.7 Å². The molecule has 190 valence electrons. The zero-order valence-electron chi connectivity index (χ0n) is 21.0. The molecule has 3 aromatic rings. The number of aromatic nitrogens is 1. The van der Waals surface area contributed by atoms with Gasteiger partial charge in [-0.3, -0.25) is 14.9 Å². The molecule has 0 bridgehead atoms. The van der Waals surface area contributed by atoms with E-state index in [0.717, 1.165) is 22.4 Å². The molecule has 1 heterocycles. The van der Waals surface area contributed by atoms with Gasteiger partial charge in [-0.25, -0.2) is 4.98 Å². The summed E-state index contributed by atoms with van der Waals surface area (Å²) < 4.78 is 0. The molecule has 36 heavy (non-hydrogen) atoms. The Bertz CT molecular complexity index is 1170. The Labute approximate surface area is 212 Å². The average molecular weight is 490 g/mol. The van der Waals surface area contributed by atoms with Crippen LogP contribution in [0.4, 0.5) is 5.82 Å². The van der Waals surface area contributed by atoms with Gasteiger partial charge in [0.1, 0.15) is 17.6 Å². The monoisotopic (exact) mass is 489 g/mol. The number of phenols is 1. The van der Waals surface area contributed by atoms with Crippen molar-refractivity contribution in [1.29, 1.82) is 0 Å². The number of aryl methyl sites for hydroxylation is 2. The van der Waals surface area contributed by atoms with Crippen molar-refractivity contribution >= 4 is 17.6 Å². The fourth-order valence-electron chi connectivity index (χ4n) is 3.95. The zero-order valence-corrected chi connectivity index (χ0v) is 21.0. The van der Waals surface area contributed by atoms with E-state index < -0.39 is 12.1 Å². The third-order valence-electron chi connectivity index (χ3n) is 6.12. The molecule has 8 heteroatoms. The van der Waals surface area contributed by atoms with Crippen LogP contribution in [-0.4, -0.2) is 34.0 Å².